The predicted molar refractivity (Wildman–Crippen MR) is 139 cm³/mol. The Morgan fingerprint density at radius 1 is 0.833 bits per heavy atom. The maximum atomic E-state index is 13.2. The Kier molecular flexibility index (Phi) is 7.59. The zero-order chi connectivity index (χ0) is 25.7. The highest BCUT2D eigenvalue weighted by molar-refractivity contribution is 6.01. The largest absolute Gasteiger partial charge is 0.497 e. The first-order chi connectivity index (χ1) is 17.4. The minimum absolute atomic E-state index is 0.248. The predicted octanol–water partition coefficient (Wildman–Crippen LogP) is 6.56. The van der Waals surface area contributed by atoms with Gasteiger partial charge in [0.1, 0.15) is 18.2 Å². The lowest BCUT2D eigenvalue weighted by molar-refractivity contribution is 0.130. The molecule has 36 heavy (non-hydrogen) atoms. The number of halogens is 1. The summed E-state index contributed by atoms with van der Waals surface area (Å²) in [5.74, 6) is 1.80. The van der Waals surface area contributed by atoms with E-state index in [0.717, 1.165) is 45.2 Å². The Bertz CT molecular complexity index is 1360. The van der Waals surface area contributed by atoms with E-state index in [1.54, 1.807) is 33.5 Å². The number of nitrogens with zero attached hydrogens (tertiary/aromatic N) is 2. The molecule has 0 amide bonds. The molecule has 1 aromatic heterocycles. The molecule has 0 bridgehead atoms. The number of aromatic nitrogens is 1. The molecule has 0 spiro atoms. The maximum Gasteiger partial charge on any atom is 0.162 e. The number of ether oxygens (including phenoxy) is 3. The van der Waals surface area contributed by atoms with Crippen LogP contribution in [0, 0.1) is 12.7 Å². The topological polar surface area (TPSA) is 54.2 Å². The van der Waals surface area contributed by atoms with Gasteiger partial charge in [-0.05, 0) is 79.6 Å². The van der Waals surface area contributed by atoms with Crippen LogP contribution in [0.3, 0.4) is 0 Å². The van der Waals surface area contributed by atoms with Gasteiger partial charge in [-0.1, -0.05) is 17.3 Å². The molecule has 4 aromatic rings. The van der Waals surface area contributed by atoms with Crippen molar-refractivity contribution in [3.8, 4) is 34.2 Å². The van der Waals surface area contributed by atoms with Crippen molar-refractivity contribution in [2.75, 3.05) is 21.3 Å². The van der Waals surface area contributed by atoms with Crippen LogP contribution in [0.2, 0.25) is 0 Å². The quantitative estimate of drug-likeness (QED) is 0.198. The van der Waals surface area contributed by atoms with Crippen LogP contribution >= 0.6 is 0 Å². The minimum atomic E-state index is -0.281. The van der Waals surface area contributed by atoms with Crippen LogP contribution in [-0.4, -0.2) is 31.6 Å². The number of methoxy groups -OCH3 is 3. The van der Waals surface area contributed by atoms with Crippen LogP contribution in [0.1, 0.15) is 23.7 Å². The molecule has 0 N–H and O–H groups in total. The molecule has 0 aliphatic carbocycles. The summed E-state index contributed by atoms with van der Waals surface area (Å²) in [5, 5.41) is 4.35. The number of oxime groups is 1. The van der Waals surface area contributed by atoms with Crippen molar-refractivity contribution in [1.29, 1.82) is 0 Å². The molecule has 0 saturated carbocycles. The van der Waals surface area contributed by atoms with Crippen molar-refractivity contribution in [2.24, 2.45) is 5.16 Å². The second kappa shape index (κ2) is 11.0. The molecular formula is C29H29FN2O4. The van der Waals surface area contributed by atoms with E-state index in [4.69, 9.17) is 19.0 Å². The van der Waals surface area contributed by atoms with Crippen molar-refractivity contribution in [3.63, 3.8) is 0 Å². The zero-order valence-corrected chi connectivity index (χ0v) is 21.0. The van der Waals surface area contributed by atoms with E-state index in [2.05, 4.69) is 15.8 Å². The summed E-state index contributed by atoms with van der Waals surface area (Å²) in [6.45, 7) is 4.19. The van der Waals surface area contributed by atoms with E-state index >= 15 is 0 Å². The van der Waals surface area contributed by atoms with E-state index in [1.807, 2.05) is 56.3 Å². The van der Waals surface area contributed by atoms with Crippen molar-refractivity contribution in [3.05, 3.63) is 95.4 Å². The highest BCUT2D eigenvalue weighted by atomic mass is 19.1. The summed E-state index contributed by atoms with van der Waals surface area (Å²) in [4.78, 5) is 5.59. The van der Waals surface area contributed by atoms with Gasteiger partial charge in [-0.3, -0.25) is 0 Å². The lowest BCUT2D eigenvalue weighted by Crippen LogP contribution is -2.03. The molecule has 6 nitrogen and oxygen atoms in total. The Labute approximate surface area is 210 Å². The zero-order valence-electron chi connectivity index (χ0n) is 21.0. The molecule has 0 saturated heterocycles. The van der Waals surface area contributed by atoms with Gasteiger partial charge >= 0.3 is 0 Å². The van der Waals surface area contributed by atoms with Crippen LogP contribution in [-0.2, 0) is 11.4 Å². The molecule has 186 valence electrons. The van der Waals surface area contributed by atoms with Crippen LogP contribution in [0.5, 0.6) is 17.2 Å². The molecule has 0 aliphatic rings. The van der Waals surface area contributed by atoms with E-state index < -0.39 is 0 Å². The molecule has 1 heterocycles. The van der Waals surface area contributed by atoms with Crippen molar-refractivity contribution < 1.29 is 23.4 Å². The summed E-state index contributed by atoms with van der Waals surface area (Å²) in [6, 6.07) is 22.0. The highest BCUT2D eigenvalue weighted by Gasteiger charge is 2.18. The van der Waals surface area contributed by atoms with Crippen molar-refractivity contribution in [2.45, 2.75) is 20.5 Å². The lowest BCUT2D eigenvalue weighted by atomic mass is 10.1. The third kappa shape index (κ3) is 5.20. The first kappa shape index (κ1) is 24.9. The van der Waals surface area contributed by atoms with Crippen molar-refractivity contribution in [1.82, 2.24) is 4.57 Å². The lowest BCUT2D eigenvalue weighted by Gasteiger charge is -2.15. The number of rotatable bonds is 9. The molecule has 0 atom stereocenters. The number of benzene rings is 3. The van der Waals surface area contributed by atoms with Gasteiger partial charge in [0, 0.05) is 23.0 Å². The fourth-order valence-corrected chi connectivity index (χ4v) is 4.08. The third-order valence-electron chi connectivity index (χ3n) is 5.99. The molecule has 7 heteroatoms. The molecule has 0 aliphatic heterocycles. The second-order valence-electron chi connectivity index (χ2n) is 8.21. The first-order valence-electron chi connectivity index (χ1n) is 11.5. The molecule has 0 fully saturated rings. The van der Waals surface area contributed by atoms with Gasteiger partial charge in [-0.25, -0.2) is 4.39 Å². The monoisotopic (exact) mass is 488 g/mol. The van der Waals surface area contributed by atoms with Crippen LogP contribution in [0.4, 0.5) is 4.39 Å². The molecule has 0 radical (unpaired) electrons. The standard InChI is InChI=1S/C29H29FN2O4/c1-19(31-36-18-21-6-10-23(30)11-7-21)26-17-27(22-8-13-25(33-3)14-9-22)32(20(26)2)24-12-15-28(34-4)29(16-24)35-5/h6-17H,18H2,1-5H3. The molecule has 4 rings (SSSR count). The van der Waals surface area contributed by atoms with Gasteiger partial charge in [0.05, 0.1) is 32.7 Å². The molecule has 0 unspecified atom stereocenters. The Morgan fingerprint density at radius 3 is 2.17 bits per heavy atom. The maximum absolute atomic E-state index is 13.2. The Morgan fingerprint density at radius 2 is 1.53 bits per heavy atom. The highest BCUT2D eigenvalue weighted by Crippen LogP contribution is 2.35. The summed E-state index contributed by atoms with van der Waals surface area (Å²) in [6.07, 6.45) is 0. The number of hydrogen-bond donors (Lipinski definition) is 0. The fraction of sp³-hybridized carbons (Fsp3) is 0.207. The van der Waals surface area contributed by atoms with Gasteiger partial charge in [0.2, 0.25) is 0 Å². The van der Waals surface area contributed by atoms with E-state index in [0.29, 0.717) is 11.5 Å². The second-order valence-corrected chi connectivity index (χ2v) is 8.21. The smallest absolute Gasteiger partial charge is 0.162 e. The van der Waals surface area contributed by atoms with Crippen LogP contribution in [0.25, 0.3) is 16.9 Å². The van der Waals surface area contributed by atoms with Crippen LogP contribution in [0.15, 0.2) is 78.0 Å². The van der Waals surface area contributed by atoms with Gasteiger partial charge in [-0.2, -0.15) is 0 Å². The van der Waals surface area contributed by atoms with Gasteiger partial charge in [-0.15, -0.1) is 0 Å². The third-order valence-corrected chi connectivity index (χ3v) is 5.99. The fourth-order valence-electron chi connectivity index (χ4n) is 4.08. The molecule has 3 aromatic carbocycles. The molecular weight excluding hydrogens is 459 g/mol. The van der Waals surface area contributed by atoms with Crippen LogP contribution < -0.4 is 14.2 Å². The van der Waals surface area contributed by atoms with Gasteiger partial charge in [0.15, 0.2) is 11.5 Å². The minimum Gasteiger partial charge on any atom is -0.497 e. The first-order valence-corrected chi connectivity index (χ1v) is 11.5. The Balaban J connectivity index is 1.75. The normalized spacial score (nSPS) is 11.3. The van der Waals surface area contributed by atoms with Crippen molar-refractivity contribution >= 4 is 5.71 Å². The summed E-state index contributed by atoms with van der Waals surface area (Å²) in [7, 11) is 4.88. The average molecular weight is 489 g/mol. The van der Waals surface area contributed by atoms with E-state index in [9.17, 15) is 4.39 Å². The summed E-state index contributed by atoms with van der Waals surface area (Å²) >= 11 is 0. The van der Waals surface area contributed by atoms with Gasteiger partial charge in [0.25, 0.3) is 0 Å². The van der Waals surface area contributed by atoms with E-state index in [-0.39, 0.29) is 12.4 Å². The average Bonchev–Trinajstić information content (AvgIpc) is 3.26. The summed E-state index contributed by atoms with van der Waals surface area (Å²) < 4.78 is 31.6. The number of hydrogen-bond acceptors (Lipinski definition) is 5. The Hall–Kier alpha value is -4.26. The SMILES string of the molecule is COc1ccc(-c2cc(C(C)=NOCc3ccc(F)cc3)c(C)n2-c2ccc(OC)c(OC)c2)cc1. The van der Waals surface area contributed by atoms with Gasteiger partial charge < -0.3 is 23.6 Å². The summed E-state index contributed by atoms with van der Waals surface area (Å²) in [5.41, 5.74) is 6.40. The van der Waals surface area contributed by atoms with E-state index in [1.165, 1.54) is 12.1 Å².